The van der Waals surface area contributed by atoms with Crippen molar-refractivity contribution in [3.05, 3.63) is 35.9 Å². The number of morpholine rings is 1. The van der Waals surface area contributed by atoms with Crippen molar-refractivity contribution in [2.45, 2.75) is 32.6 Å². The van der Waals surface area contributed by atoms with Gasteiger partial charge in [0.1, 0.15) is 0 Å². The summed E-state index contributed by atoms with van der Waals surface area (Å²) < 4.78 is 5.68. The van der Waals surface area contributed by atoms with Gasteiger partial charge >= 0.3 is 0 Å². The third-order valence-corrected chi connectivity index (χ3v) is 3.49. The molecule has 1 aromatic carbocycles. The molecule has 3 heteroatoms. The molecule has 0 aliphatic carbocycles. The fraction of sp³-hybridized carbons (Fsp3) is 0.600. The van der Waals surface area contributed by atoms with Gasteiger partial charge in [-0.15, -0.1) is 0 Å². The number of ether oxygens (including phenoxy) is 1. The summed E-state index contributed by atoms with van der Waals surface area (Å²) in [5.41, 5.74) is 1.32. The zero-order chi connectivity index (χ0) is 13.0. The van der Waals surface area contributed by atoms with E-state index in [1.54, 1.807) is 0 Å². The normalized spacial score (nSPS) is 23.2. The number of aliphatic hydroxyl groups excluding tert-OH is 1. The van der Waals surface area contributed by atoms with Gasteiger partial charge in [0.25, 0.3) is 0 Å². The van der Waals surface area contributed by atoms with Crippen molar-refractivity contribution in [3.8, 4) is 0 Å². The average Bonchev–Trinajstić information content (AvgIpc) is 2.39. The summed E-state index contributed by atoms with van der Waals surface area (Å²) in [4.78, 5) is 2.36. The minimum atomic E-state index is -0.372. The van der Waals surface area contributed by atoms with E-state index in [1.165, 1.54) is 5.56 Å². The van der Waals surface area contributed by atoms with Crippen molar-refractivity contribution >= 4 is 0 Å². The van der Waals surface area contributed by atoms with Crippen molar-refractivity contribution in [3.63, 3.8) is 0 Å². The highest BCUT2D eigenvalue weighted by molar-refractivity contribution is 5.14. The van der Waals surface area contributed by atoms with Gasteiger partial charge in [0.05, 0.1) is 18.8 Å². The number of hydrogen-bond acceptors (Lipinski definition) is 3. The second-order valence-electron chi connectivity index (χ2n) is 5.36. The maximum Gasteiger partial charge on any atom is 0.0963 e. The highest BCUT2D eigenvalue weighted by atomic mass is 16.5. The molecule has 1 aromatic rings. The summed E-state index contributed by atoms with van der Waals surface area (Å²) in [6.45, 7) is 7.46. The van der Waals surface area contributed by atoms with E-state index in [9.17, 15) is 5.11 Å². The summed E-state index contributed by atoms with van der Waals surface area (Å²) in [6, 6.07) is 10.5. The molecule has 100 valence electrons. The van der Waals surface area contributed by atoms with Gasteiger partial charge in [-0.1, -0.05) is 44.2 Å². The number of hydrogen-bond donors (Lipinski definition) is 1. The molecule has 0 bridgehead atoms. The predicted molar refractivity (Wildman–Crippen MR) is 72.3 cm³/mol. The molecule has 1 N–H and O–H groups in total. The first-order valence-electron chi connectivity index (χ1n) is 6.73. The van der Waals surface area contributed by atoms with Crippen LogP contribution in [0.2, 0.25) is 0 Å². The molecule has 18 heavy (non-hydrogen) atoms. The Balaban J connectivity index is 1.91. The SMILES string of the molecule is CC(C)C(O)C1CN(Cc2ccccc2)CCO1. The summed E-state index contributed by atoms with van der Waals surface area (Å²) >= 11 is 0. The van der Waals surface area contributed by atoms with E-state index in [-0.39, 0.29) is 18.1 Å². The molecule has 0 amide bonds. The highest BCUT2D eigenvalue weighted by Gasteiger charge is 2.28. The predicted octanol–water partition coefficient (Wildman–Crippen LogP) is 1.90. The first kappa shape index (κ1) is 13.5. The van der Waals surface area contributed by atoms with E-state index >= 15 is 0 Å². The molecular formula is C15H23NO2. The molecule has 0 spiro atoms. The topological polar surface area (TPSA) is 32.7 Å². The molecule has 2 rings (SSSR count). The van der Waals surface area contributed by atoms with Crippen LogP contribution in [0.3, 0.4) is 0 Å². The van der Waals surface area contributed by atoms with Gasteiger partial charge in [0.2, 0.25) is 0 Å². The largest absolute Gasteiger partial charge is 0.390 e. The minimum absolute atomic E-state index is 0.0533. The summed E-state index contributed by atoms with van der Waals surface area (Å²) in [5.74, 6) is 0.242. The summed E-state index contributed by atoms with van der Waals surface area (Å²) in [5, 5.41) is 10.1. The summed E-state index contributed by atoms with van der Waals surface area (Å²) in [6.07, 6.45) is -0.425. The van der Waals surface area contributed by atoms with Crippen molar-refractivity contribution in [2.24, 2.45) is 5.92 Å². The Labute approximate surface area is 109 Å². The van der Waals surface area contributed by atoms with Gasteiger partial charge in [-0.2, -0.15) is 0 Å². The lowest BCUT2D eigenvalue weighted by Crippen LogP contribution is -2.48. The van der Waals surface area contributed by atoms with E-state index in [2.05, 4.69) is 29.2 Å². The smallest absolute Gasteiger partial charge is 0.0963 e. The van der Waals surface area contributed by atoms with Crippen LogP contribution >= 0.6 is 0 Å². The Hall–Kier alpha value is -0.900. The Bertz CT molecular complexity index is 353. The van der Waals surface area contributed by atoms with Crippen LogP contribution in [0.4, 0.5) is 0 Å². The lowest BCUT2D eigenvalue weighted by atomic mass is 10.0. The van der Waals surface area contributed by atoms with E-state index in [0.29, 0.717) is 6.61 Å². The van der Waals surface area contributed by atoms with E-state index in [0.717, 1.165) is 19.6 Å². The second-order valence-corrected chi connectivity index (χ2v) is 5.36. The maximum absolute atomic E-state index is 10.1. The number of rotatable bonds is 4. The molecule has 1 fully saturated rings. The first-order chi connectivity index (χ1) is 8.66. The molecule has 0 radical (unpaired) electrons. The molecule has 3 nitrogen and oxygen atoms in total. The quantitative estimate of drug-likeness (QED) is 0.884. The van der Waals surface area contributed by atoms with Gasteiger partial charge in [0.15, 0.2) is 0 Å². The van der Waals surface area contributed by atoms with E-state index in [1.807, 2.05) is 19.9 Å². The molecule has 1 heterocycles. The van der Waals surface area contributed by atoms with Crippen LogP contribution in [0.1, 0.15) is 19.4 Å². The monoisotopic (exact) mass is 249 g/mol. The average molecular weight is 249 g/mol. The van der Waals surface area contributed by atoms with Crippen molar-refractivity contribution < 1.29 is 9.84 Å². The van der Waals surface area contributed by atoms with Crippen LogP contribution in [0.15, 0.2) is 30.3 Å². The maximum atomic E-state index is 10.1. The number of benzene rings is 1. The minimum Gasteiger partial charge on any atom is -0.390 e. The highest BCUT2D eigenvalue weighted by Crippen LogP contribution is 2.16. The number of nitrogens with zero attached hydrogens (tertiary/aromatic N) is 1. The zero-order valence-corrected chi connectivity index (χ0v) is 11.2. The van der Waals surface area contributed by atoms with Crippen LogP contribution in [0.5, 0.6) is 0 Å². The second kappa shape index (κ2) is 6.32. The first-order valence-corrected chi connectivity index (χ1v) is 6.73. The van der Waals surface area contributed by atoms with Gasteiger partial charge in [-0.3, -0.25) is 4.90 Å². The molecule has 2 unspecified atom stereocenters. The standard InChI is InChI=1S/C15H23NO2/c1-12(2)15(17)14-11-16(8-9-18-14)10-13-6-4-3-5-7-13/h3-7,12,14-15,17H,8-11H2,1-2H3. The van der Waals surface area contributed by atoms with Gasteiger partial charge in [0, 0.05) is 19.6 Å². The van der Waals surface area contributed by atoms with Crippen molar-refractivity contribution in [1.82, 2.24) is 4.90 Å². The number of aliphatic hydroxyl groups is 1. The molecule has 1 aliphatic rings. The molecular weight excluding hydrogens is 226 g/mol. The third kappa shape index (κ3) is 3.55. The van der Waals surface area contributed by atoms with E-state index < -0.39 is 0 Å². The van der Waals surface area contributed by atoms with Crippen LogP contribution < -0.4 is 0 Å². The van der Waals surface area contributed by atoms with Gasteiger partial charge in [-0.05, 0) is 11.5 Å². The molecule has 0 saturated carbocycles. The third-order valence-electron chi connectivity index (χ3n) is 3.49. The zero-order valence-electron chi connectivity index (χ0n) is 11.2. The fourth-order valence-corrected chi connectivity index (χ4v) is 2.35. The van der Waals surface area contributed by atoms with Crippen molar-refractivity contribution in [1.29, 1.82) is 0 Å². The van der Waals surface area contributed by atoms with E-state index in [4.69, 9.17) is 4.74 Å². The summed E-state index contributed by atoms with van der Waals surface area (Å²) in [7, 11) is 0. The lowest BCUT2D eigenvalue weighted by Gasteiger charge is -2.36. The Morgan fingerprint density at radius 1 is 1.33 bits per heavy atom. The van der Waals surface area contributed by atoms with Crippen molar-refractivity contribution in [2.75, 3.05) is 19.7 Å². The van der Waals surface area contributed by atoms with Gasteiger partial charge in [-0.25, -0.2) is 0 Å². The molecule has 2 atom stereocenters. The Morgan fingerprint density at radius 2 is 2.06 bits per heavy atom. The molecule has 0 aromatic heterocycles. The van der Waals surface area contributed by atoms with Crippen LogP contribution in [-0.2, 0) is 11.3 Å². The van der Waals surface area contributed by atoms with Crippen LogP contribution in [0.25, 0.3) is 0 Å². The van der Waals surface area contributed by atoms with Crippen LogP contribution in [0, 0.1) is 5.92 Å². The fourth-order valence-electron chi connectivity index (χ4n) is 2.35. The molecule has 1 saturated heterocycles. The lowest BCUT2D eigenvalue weighted by molar-refractivity contribution is -0.103. The molecule has 1 aliphatic heterocycles. The Kier molecular flexibility index (Phi) is 4.75. The van der Waals surface area contributed by atoms with Gasteiger partial charge < -0.3 is 9.84 Å². The van der Waals surface area contributed by atoms with Crippen LogP contribution in [-0.4, -0.2) is 41.9 Å². The Morgan fingerprint density at radius 3 is 2.72 bits per heavy atom.